The van der Waals surface area contributed by atoms with Crippen molar-refractivity contribution in [2.75, 3.05) is 43.4 Å². The number of hydrogen-bond acceptors (Lipinski definition) is 16. The van der Waals surface area contributed by atoms with Crippen LogP contribution in [0.15, 0.2) is 70.4 Å². The largest absolute Gasteiger partial charge is 0.507 e. The zero-order chi connectivity index (χ0) is 54.1. The minimum Gasteiger partial charge on any atom is -0.507 e. The fraction of sp³-hybridized carbons (Fsp3) is 0.526. The van der Waals surface area contributed by atoms with Crippen molar-refractivity contribution >= 4 is 45.7 Å². The van der Waals surface area contributed by atoms with E-state index < -0.39 is 83.3 Å². The third-order valence-corrected chi connectivity index (χ3v) is 15.7. The number of para-hydroxylation sites is 1. The lowest BCUT2D eigenvalue weighted by atomic mass is 9.81. The fourth-order valence-corrected chi connectivity index (χ4v) is 11.1. The van der Waals surface area contributed by atoms with Gasteiger partial charge in [0.25, 0.3) is 11.7 Å². The highest BCUT2D eigenvalue weighted by molar-refractivity contribution is 6.21. The molecule has 9 rings (SSSR count). The number of aromatic hydroxyl groups is 2. The number of carbonyl (C=O) groups is 4. The van der Waals surface area contributed by atoms with Crippen LogP contribution in [0.5, 0.6) is 17.2 Å². The minimum absolute atomic E-state index is 0.0297. The van der Waals surface area contributed by atoms with Crippen LogP contribution in [0.4, 0.5) is 11.4 Å². The minimum atomic E-state index is -1.95. The van der Waals surface area contributed by atoms with Gasteiger partial charge in [-0.3, -0.25) is 24.2 Å². The molecule has 1 spiro atoms. The molecular weight excluding hydrogens is 959 g/mol. The molecule has 6 aliphatic heterocycles. The van der Waals surface area contributed by atoms with E-state index in [4.69, 9.17) is 19.2 Å². The average molecular weight is 1030 g/mol. The molecule has 2 fully saturated rings. The maximum Gasteiger partial charge on any atom is 0.315 e. The van der Waals surface area contributed by atoms with Gasteiger partial charge in [0.05, 0.1) is 46.4 Å². The number of likely N-dealkylation sites (tertiary alicyclic amines) is 2. The first kappa shape index (κ1) is 54.5. The molecule has 2 amide bonds. The topological polar surface area (TPSA) is 256 Å². The molecule has 5 bridgehead atoms. The van der Waals surface area contributed by atoms with Crippen LogP contribution in [0.2, 0.25) is 0 Å². The number of hydrogen-bond donors (Lipinski definition) is 6. The number of ether oxygens (including phenoxy) is 3. The number of aliphatic hydroxyl groups is 2. The molecule has 6 N–H and O–H groups in total. The lowest BCUT2D eigenvalue weighted by molar-refractivity contribution is -0.159. The first-order chi connectivity index (χ1) is 35.7. The van der Waals surface area contributed by atoms with Crippen LogP contribution in [-0.4, -0.2) is 122 Å². The molecule has 6 aliphatic rings. The van der Waals surface area contributed by atoms with E-state index in [-0.39, 0.29) is 68.6 Å². The molecule has 2 saturated heterocycles. The van der Waals surface area contributed by atoms with E-state index in [1.807, 2.05) is 12.1 Å². The number of anilines is 2. The van der Waals surface area contributed by atoms with Gasteiger partial charge in [-0.2, -0.15) is 5.26 Å². The number of esters is 1. The third-order valence-electron chi connectivity index (χ3n) is 15.7. The SMILES string of the molecule is C/C1=C/C=C/C(C)[C@H](O)[C@@H](C)C(O)[C@@H](C)[C@H](OC(=O)CC(=O)N2CCC(Nc3ccccc3C#N)CC2)CC/C=C/O[C@@]2(C)Oc3c(C)c(O)c4c(O)c(c5c(c4c3C2=O)NC2(CCN(CC(C)C)CC2)N=5)=NC1=O. The van der Waals surface area contributed by atoms with Gasteiger partial charge in [-0.25, -0.2) is 4.99 Å². The van der Waals surface area contributed by atoms with E-state index in [9.17, 15) is 44.9 Å². The summed E-state index contributed by atoms with van der Waals surface area (Å²) < 4.78 is 18.4. The Morgan fingerprint density at radius 2 is 1.68 bits per heavy atom. The number of ketones is 1. The number of aliphatic hydroxyl groups excluding tert-OH is 2. The number of nitrogens with zero attached hydrogens (tertiary/aromatic N) is 5. The number of phenolic OH excluding ortho intramolecular Hbond substituents is 2. The van der Waals surface area contributed by atoms with Crippen molar-refractivity contribution in [3.63, 3.8) is 0 Å². The number of nitriles is 1. The number of Topliss-reactive ketones (excluding diaryl/α,β-unsaturated/α-hetero) is 1. The number of rotatable bonds is 7. The van der Waals surface area contributed by atoms with Crippen molar-refractivity contribution in [2.24, 2.45) is 33.7 Å². The first-order valence-corrected chi connectivity index (χ1v) is 26.2. The molecule has 18 nitrogen and oxygen atoms in total. The molecule has 18 heteroatoms. The van der Waals surface area contributed by atoms with Gasteiger partial charge < -0.3 is 55.1 Å². The summed E-state index contributed by atoms with van der Waals surface area (Å²) in [6.45, 7) is 17.2. The van der Waals surface area contributed by atoms with E-state index in [0.717, 1.165) is 12.2 Å². The standard InChI is InChI=1S/C57H71N7O11/c1-31(2)30-63-25-21-57(22-26-63)61-46-43-44-51(69)36(7)53-45(43)54(71)56(8,75-53)73-27-12-11-18-40(74-42(66)28-41(65)64-23-19-38(20-24-64)59-39-17-10-9-16-37(39)29-58)34(5)50(68)35(6)49(67)32(3)14-13-15-33(4)55(72)60-48(52(44)70)47(46)62-57/h9-10,12-17,27,31-32,34-35,38,40,49-50,59,61,67-70H,11,18-26,28,30H2,1-8H3/b14-13+,27-12+,33-15-,60-48?/t32?,34-,35+,40+,49-,50?,56-/m0/s1. The highest BCUT2D eigenvalue weighted by Crippen LogP contribution is 2.51. The normalized spacial score (nSPS) is 28.0. The Bertz CT molecular complexity index is 3000. The summed E-state index contributed by atoms with van der Waals surface area (Å²) in [7, 11) is 0. The van der Waals surface area contributed by atoms with Gasteiger partial charge in [0, 0.05) is 92.8 Å². The van der Waals surface area contributed by atoms with Crippen molar-refractivity contribution in [3.8, 4) is 23.3 Å². The number of piperidine rings is 2. The van der Waals surface area contributed by atoms with E-state index in [0.29, 0.717) is 69.0 Å². The van der Waals surface area contributed by atoms with Crippen LogP contribution in [0.25, 0.3) is 10.8 Å². The first-order valence-electron chi connectivity index (χ1n) is 26.2. The van der Waals surface area contributed by atoms with Crippen LogP contribution in [-0.2, 0) is 23.9 Å². The molecule has 3 aromatic rings. The molecule has 0 radical (unpaired) electrons. The number of benzene rings is 3. The summed E-state index contributed by atoms with van der Waals surface area (Å²) in [6.07, 6.45) is 6.75. The van der Waals surface area contributed by atoms with Gasteiger partial charge in [0.1, 0.15) is 46.5 Å². The number of carbonyl (C=O) groups excluding carboxylic acids is 4. The molecule has 6 heterocycles. The summed E-state index contributed by atoms with van der Waals surface area (Å²) in [4.78, 5) is 69.5. The van der Waals surface area contributed by atoms with Crippen LogP contribution < -0.4 is 26.1 Å². The van der Waals surface area contributed by atoms with Crippen molar-refractivity contribution in [2.45, 2.75) is 136 Å². The molecule has 2 unspecified atom stereocenters. The van der Waals surface area contributed by atoms with Crippen molar-refractivity contribution < 1.29 is 53.8 Å². The maximum atomic E-state index is 14.8. The number of nitrogens with one attached hydrogen (secondary N) is 2. The van der Waals surface area contributed by atoms with Crippen LogP contribution >= 0.6 is 0 Å². The zero-order valence-corrected chi connectivity index (χ0v) is 44.2. The van der Waals surface area contributed by atoms with E-state index in [2.05, 4.69) is 40.4 Å². The van der Waals surface area contributed by atoms with Crippen molar-refractivity contribution in [1.82, 2.24) is 9.80 Å². The molecular formula is C57H71N7O11. The monoisotopic (exact) mass is 1030 g/mol. The maximum absolute atomic E-state index is 14.8. The van der Waals surface area contributed by atoms with Gasteiger partial charge in [-0.1, -0.05) is 65.0 Å². The lowest BCUT2D eigenvalue weighted by Crippen LogP contribution is -2.47. The summed E-state index contributed by atoms with van der Waals surface area (Å²) in [6, 6.07) is 9.45. The number of allylic oxidation sites excluding steroid dienone is 3. The summed E-state index contributed by atoms with van der Waals surface area (Å²) in [5.41, 5.74) is 1.08. The predicted octanol–water partition coefficient (Wildman–Crippen LogP) is 6.22. The molecule has 400 valence electrons. The van der Waals surface area contributed by atoms with Gasteiger partial charge in [0.2, 0.25) is 5.91 Å². The van der Waals surface area contributed by atoms with E-state index >= 15 is 0 Å². The summed E-state index contributed by atoms with van der Waals surface area (Å²) in [5, 5.41) is 64.0. The van der Waals surface area contributed by atoms with Gasteiger partial charge >= 0.3 is 11.8 Å². The van der Waals surface area contributed by atoms with Crippen molar-refractivity contribution in [1.29, 1.82) is 5.26 Å². The second-order valence-electron chi connectivity index (χ2n) is 21.6. The second-order valence-corrected chi connectivity index (χ2v) is 21.6. The Morgan fingerprint density at radius 1 is 0.973 bits per heavy atom. The molecule has 0 saturated carbocycles. The molecule has 3 aromatic carbocycles. The quantitative estimate of drug-likeness (QED) is 0.0872. The number of fused-ring (bicyclic) bond motifs is 13. The zero-order valence-electron chi connectivity index (χ0n) is 44.2. The lowest BCUT2D eigenvalue weighted by Gasteiger charge is -2.38. The van der Waals surface area contributed by atoms with E-state index in [1.165, 1.54) is 19.3 Å². The number of phenols is 2. The predicted molar refractivity (Wildman–Crippen MR) is 280 cm³/mol. The van der Waals surface area contributed by atoms with Crippen molar-refractivity contribution in [3.05, 3.63) is 87.8 Å². The van der Waals surface area contributed by atoms with Gasteiger partial charge in [-0.05, 0) is 63.7 Å². The van der Waals surface area contributed by atoms with Crippen LogP contribution in [0.3, 0.4) is 0 Å². The fourth-order valence-electron chi connectivity index (χ4n) is 11.1. The smallest absolute Gasteiger partial charge is 0.315 e. The van der Waals surface area contributed by atoms with E-state index in [1.54, 1.807) is 69.9 Å². The summed E-state index contributed by atoms with van der Waals surface area (Å²) in [5.74, 6) is -6.85. The number of amides is 2. The van der Waals surface area contributed by atoms with Crippen LogP contribution in [0, 0.1) is 41.9 Å². The Morgan fingerprint density at radius 3 is 2.37 bits per heavy atom. The molecule has 0 aliphatic carbocycles. The van der Waals surface area contributed by atoms with Crippen LogP contribution in [0.1, 0.15) is 115 Å². The Balaban J connectivity index is 1.08. The average Bonchev–Trinajstić information content (AvgIpc) is 3.95. The van der Waals surface area contributed by atoms with Gasteiger partial charge in [-0.15, -0.1) is 0 Å². The molecule has 7 atom stereocenters. The van der Waals surface area contributed by atoms with Gasteiger partial charge in [0.15, 0.2) is 5.75 Å². The molecule has 75 heavy (non-hydrogen) atoms. The Labute approximate surface area is 437 Å². The highest BCUT2D eigenvalue weighted by atomic mass is 16.7. The Hall–Kier alpha value is -6.81. The molecule has 0 aromatic heterocycles. The second kappa shape index (κ2) is 22.2. The third kappa shape index (κ3) is 11.1. The summed E-state index contributed by atoms with van der Waals surface area (Å²) >= 11 is 0. The highest BCUT2D eigenvalue weighted by Gasteiger charge is 2.50. The Kier molecular flexibility index (Phi) is 16.1.